The molecule has 4 heterocycles. The van der Waals surface area contributed by atoms with Gasteiger partial charge in [-0.15, -0.1) is 5.10 Å². The molecule has 156 valence electrons. The summed E-state index contributed by atoms with van der Waals surface area (Å²) in [5.41, 5.74) is 5.95. The highest BCUT2D eigenvalue weighted by atomic mass is 31.2. The van der Waals surface area contributed by atoms with Gasteiger partial charge in [0.1, 0.15) is 12.4 Å². The van der Waals surface area contributed by atoms with Crippen LogP contribution < -0.4 is 5.73 Å². The highest BCUT2D eigenvalue weighted by Gasteiger charge is 2.40. The molecule has 5 unspecified atom stereocenters. The molecule has 2 aromatic rings. The maximum atomic E-state index is 12.8. The Morgan fingerprint density at radius 2 is 2.21 bits per heavy atom. The Balaban J connectivity index is 1.35. The van der Waals surface area contributed by atoms with Gasteiger partial charge in [-0.3, -0.25) is 23.3 Å². The van der Waals surface area contributed by atoms with Gasteiger partial charge in [-0.25, -0.2) is 14.2 Å². The Morgan fingerprint density at radius 3 is 2.93 bits per heavy atom. The zero-order chi connectivity index (χ0) is 20.4. The molecule has 13 heteroatoms. The van der Waals surface area contributed by atoms with Gasteiger partial charge >= 0.3 is 7.82 Å². The van der Waals surface area contributed by atoms with E-state index in [1.807, 2.05) is 0 Å². The summed E-state index contributed by atoms with van der Waals surface area (Å²) in [5.74, 6) is -0.972. The van der Waals surface area contributed by atoms with Gasteiger partial charge in [0.05, 0.1) is 25.4 Å². The molecule has 0 radical (unpaired) electrons. The molecule has 3 N–H and O–H groups in total. The first-order valence-electron chi connectivity index (χ1n) is 8.95. The number of hydrogen-bond donors (Lipinski definition) is 2. The van der Waals surface area contributed by atoms with Crippen molar-refractivity contribution >= 4 is 13.7 Å². The number of carbonyl (C=O) groups is 1. The SMILES string of the molecule is NC(=O)c1ncn(C2OC(COP3(=O)OCCC(c4ccncc4)O3)CC2O)n1. The Labute approximate surface area is 165 Å². The van der Waals surface area contributed by atoms with Crippen molar-refractivity contribution in [2.24, 2.45) is 5.73 Å². The quantitative estimate of drug-likeness (QED) is 0.631. The van der Waals surface area contributed by atoms with Crippen molar-refractivity contribution < 1.29 is 32.8 Å². The zero-order valence-electron chi connectivity index (χ0n) is 15.2. The third-order valence-electron chi connectivity index (χ3n) is 4.54. The Kier molecular flexibility index (Phi) is 5.72. The van der Waals surface area contributed by atoms with Gasteiger partial charge in [-0.05, 0) is 17.7 Å². The number of carbonyl (C=O) groups excluding carboxylic acids is 1. The summed E-state index contributed by atoms with van der Waals surface area (Å²) in [7, 11) is -3.79. The molecule has 2 aliphatic rings. The van der Waals surface area contributed by atoms with Crippen molar-refractivity contribution in [3.05, 3.63) is 42.2 Å². The predicted octanol–water partition coefficient (Wildman–Crippen LogP) is 0.723. The number of phosphoric ester groups is 1. The topological polar surface area (TPSA) is 161 Å². The summed E-state index contributed by atoms with van der Waals surface area (Å²) in [6.45, 7) is 0.0984. The lowest BCUT2D eigenvalue weighted by atomic mass is 10.1. The highest BCUT2D eigenvalue weighted by molar-refractivity contribution is 7.48. The van der Waals surface area contributed by atoms with Crippen LogP contribution in [0.25, 0.3) is 0 Å². The van der Waals surface area contributed by atoms with Gasteiger partial charge in [-0.2, -0.15) is 0 Å². The summed E-state index contributed by atoms with van der Waals surface area (Å²) in [5, 5.41) is 14.1. The van der Waals surface area contributed by atoms with E-state index in [2.05, 4.69) is 15.1 Å². The van der Waals surface area contributed by atoms with E-state index in [9.17, 15) is 14.5 Å². The molecule has 29 heavy (non-hydrogen) atoms. The molecule has 0 spiro atoms. The predicted molar refractivity (Wildman–Crippen MR) is 95.3 cm³/mol. The standard InChI is InChI=1S/C16H20N5O7P/c17-14(23)15-19-9-21(20-15)16-12(22)7-11(27-16)8-26-29(24)25-6-3-13(28-29)10-1-4-18-5-2-10/h1-2,4-5,9,11-13,16,22H,3,6-8H2,(H2,17,23). The van der Waals surface area contributed by atoms with E-state index in [1.54, 1.807) is 24.5 Å². The molecule has 2 fully saturated rings. The van der Waals surface area contributed by atoms with Gasteiger partial charge in [0.15, 0.2) is 6.23 Å². The van der Waals surface area contributed by atoms with E-state index in [1.165, 1.54) is 11.0 Å². The number of amides is 1. The number of phosphoric acid groups is 1. The number of nitrogens with two attached hydrogens (primary N) is 1. The minimum absolute atomic E-state index is 0.120. The molecular weight excluding hydrogens is 405 g/mol. The molecule has 1 amide bonds. The van der Waals surface area contributed by atoms with Gasteiger partial charge in [0.25, 0.3) is 5.91 Å². The van der Waals surface area contributed by atoms with Crippen molar-refractivity contribution in [2.45, 2.75) is 37.4 Å². The molecule has 2 saturated heterocycles. The lowest BCUT2D eigenvalue weighted by Crippen LogP contribution is -2.21. The summed E-state index contributed by atoms with van der Waals surface area (Å²) < 4.78 is 35.9. The number of aromatic nitrogens is 4. The number of pyridine rings is 1. The first-order chi connectivity index (χ1) is 13.9. The number of hydrogen-bond acceptors (Lipinski definition) is 10. The maximum Gasteiger partial charge on any atom is 0.475 e. The largest absolute Gasteiger partial charge is 0.475 e. The zero-order valence-corrected chi connectivity index (χ0v) is 16.1. The van der Waals surface area contributed by atoms with Crippen LogP contribution in [-0.2, 0) is 22.9 Å². The van der Waals surface area contributed by atoms with E-state index < -0.39 is 38.3 Å². The number of rotatable bonds is 6. The third-order valence-corrected chi connectivity index (χ3v) is 6.01. The first kappa shape index (κ1) is 20.1. The van der Waals surface area contributed by atoms with Crippen molar-refractivity contribution in [1.82, 2.24) is 19.7 Å². The van der Waals surface area contributed by atoms with Gasteiger partial charge < -0.3 is 15.6 Å². The van der Waals surface area contributed by atoms with Crippen molar-refractivity contribution in [3.63, 3.8) is 0 Å². The number of primary amides is 1. The lowest BCUT2D eigenvalue weighted by molar-refractivity contribution is -0.0617. The maximum absolute atomic E-state index is 12.8. The third kappa shape index (κ3) is 4.53. The summed E-state index contributed by atoms with van der Waals surface area (Å²) in [4.78, 5) is 18.8. The summed E-state index contributed by atoms with van der Waals surface area (Å²) in [6, 6.07) is 3.56. The minimum atomic E-state index is -3.79. The lowest BCUT2D eigenvalue weighted by Gasteiger charge is -2.29. The fraction of sp³-hybridized carbons (Fsp3) is 0.500. The Bertz CT molecular complexity index is 910. The molecule has 5 atom stereocenters. The second-order valence-electron chi connectivity index (χ2n) is 6.60. The fourth-order valence-electron chi connectivity index (χ4n) is 3.14. The van der Waals surface area contributed by atoms with Crippen LogP contribution in [0.3, 0.4) is 0 Å². The van der Waals surface area contributed by atoms with E-state index >= 15 is 0 Å². The molecule has 0 saturated carbocycles. The van der Waals surface area contributed by atoms with E-state index in [0.29, 0.717) is 6.42 Å². The molecule has 0 bridgehead atoms. The molecule has 12 nitrogen and oxygen atoms in total. The molecule has 0 aromatic carbocycles. The van der Waals surface area contributed by atoms with Crippen LogP contribution in [0.15, 0.2) is 30.9 Å². The molecule has 2 aliphatic heterocycles. The smallest absolute Gasteiger partial charge is 0.388 e. The van der Waals surface area contributed by atoms with Crippen LogP contribution >= 0.6 is 7.82 Å². The Morgan fingerprint density at radius 1 is 1.41 bits per heavy atom. The van der Waals surface area contributed by atoms with Crippen molar-refractivity contribution in [3.8, 4) is 0 Å². The van der Waals surface area contributed by atoms with Gasteiger partial charge in [0, 0.05) is 25.2 Å². The Hall–Kier alpha value is -2.21. The summed E-state index contributed by atoms with van der Waals surface area (Å²) in [6.07, 6.45) is 2.41. The van der Waals surface area contributed by atoms with Gasteiger partial charge in [-0.1, -0.05) is 0 Å². The van der Waals surface area contributed by atoms with Crippen LogP contribution in [0, 0.1) is 0 Å². The fourth-order valence-corrected chi connectivity index (χ4v) is 4.56. The first-order valence-corrected chi connectivity index (χ1v) is 10.4. The van der Waals surface area contributed by atoms with Crippen LogP contribution in [0.1, 0.15) is 41.4 Å². The average Bonchev–Trinajstić information content (AvgIpc) is 3.34. The van der Waals surface area contributed by atoms with E-state index in [4.69, 9.17) is 24.0 Å². The van der Waals surface area contributed by atoms with Crippen LogP contribution in [-0.4, -0.2) is 56.2 Å². The second kappa shape index (κ2) is 8.27. The van der Waals surface area contributed by atoms with Crippen LogP contribution in [0.5, 0.6) is 0 Å². The molecule has 0 aliphatic carbocycles. The van der Waals surface area contributed by atoms with E-state index in [-0.39, 0.29) is 25.5 Å². The number of aliphatic hydroxyl groups is 1. The number of aliphatic hydroxyl groups excluding tert-OH is 1. The van der Waals surface area contributed by atoms with Gasteiger partial charge in [0.2, 0.25) is 5.82 Å². The number of ether oxygens (including phenoxy) is 1. The number of nitrogens with zero attached hydrogens (tertiary/aromatic N) is 4. The van der Waals surface area contributed by atoms with Crippen molar-refractivity contribution in [2.75, 3.05) is 13.2 Å². The van der Waals surface area contributed by atoms with E-state index in [0.717, 1.165) is 5.56 Å². The summed E-state index contributed by atoms with van der Waals surface area (Å²) >= 11 is 0. The van der Waals surface area contributed by atoms with Crippen LogP contribution in [0.2, 0.25) is 0 Å². The average molecular weight is 425 g/mol. The highest BCUT2D eigenvalue weighted by Crippen LogP contribution is 2.57. The van der Waals surface area contributed by atoms with Crippen molar-refractivity contribution in [1.29, 1.82) is 0 Å². The normalized spacial score (nSPS) is 32.3. The minimum Gasteiger partial charge on any atom is -0.388 e. The molecule has 2 aromatic heterocycles. The second-order valence-corrected chi connectivity index (χ2v) is 8.23. The molecular formula is C16H20N5O7P. The van der Waals surface area contributed by atoms with Crippen LogP contribution in [0.4, 0.5) is 0 Å². The molecule has 4 rings (SSSR count). The monoisotopic (exact) mass is 425 g/mol.